The van der Waals surface area contributed by atoms with Gasteiger partial charge in [-0.05, 0) is 11.8 Å². The number of fused-ring (bicyclic) bond motifs is 1. The molecule has 0 spiro atoms. The van der Waals surface area contributed by atoms with Crippen LogP contribution in [0.2, 0.25) is 0 Å². The fourth-order valence-electron chi connectivity index (χ4n) is 2.78. The molecule has 1 saturated carbocycles. The predicted molar refractivity (Wildman–Crippen MR) is 60.0 cm³/mol. The van der Waals surface area contributed by atoms with Crippen molar-refractivity contribution in [2.45, 2.75) is 26.4 Å². The number of hydrogen-bond acceptors (Lipinski definition) is 4. The molecule has 1 aliphatic heterocycles. The first-order chi connectivity index (χ1) is 7.91. The van der Waals surface area contributed by atoms with Crippen molar-refractivity contribution < 1.29 is 19.4 Å². The summed E-state index contributed by atoms with van der Waals surface area (Å²) >= 11 is 0. The normalized spacial score (nSPS) is 31.6. The largest absolute Gasteiger partial charge is 0.391 e. The summed E-state index contributed by atoms with van der Waals surface area (Å²) in [4.78, 5) is 25.2. The quantitative estimate of drug-likeness (QED) is 0.689. The maximum atomic E-state index is 11.9. The molecule has 1 N–H and O–H groups in total. The van der Waals surface area contributed by atoms with Crippen LogP contribution in [0, 0.1) is 17.3 Å². The minimum Gasteiger partial charge on any atom is -0.391 e. The molecule has 96 valence electrons. The molecule has 2 fully saturated rings. The molecule has 1 aliphatic carbocycles. The van der Waals surface area contributed by atoms with Crippen molar-refractivity contribution in [3.63, 3.8) is 0 Å². The second kappa shape index (κ2) is 4.07. The number of imide groups is 1. The highest BCUT2D eigenvalue weighted by Crippen LogP contribution is 2.63. The number of hydrogen-bond donors (Lipinski definition) is 1. The van der Waals surface area contributed by atoms with Crippen LogP contribution in [0.15, 0.2) is 0 Å². The predicted octanol–water partition coefficient (Wildman–Crippen LogP) is 0.0248. The lowest BCUT2D eigenvalue weighted by molar-refractivity contribution is -0.143. The van der Waals surface area contributed by atoms with E-state index in [0.717, 1.165) is 0 Å². The summed E-state index contributed by atoms with van der Waals surface area (Å²) in [6.45, 7) is 4.43. The van der Waals surface area contributed by atoms with Crippen molar-refractivity contribution in [1.82, 2.24) is 4.90 Å². The van der Waals surface area contributed by atoms with Crippen LogP contribution in [0.5, 0.6) is 0 Å². The van der Waals surface area contributed by atoms with Gasteiger partial charge in [0.05, 0.1) is 24.5 Å². The number of aliphatic hydroxyl groups excluding tert-OH is 1. The van der Waals surface area contributed by atoms with Crippen LogP contribution < -0.4 is 0 Å². The third kappa shape index (κ3) is 1.87. The summed E-state index contributed by atoms with van der Waals surface area (Å²) < 4.78 is 4.80. The molecule has 5 nitrogen and oxygen atoms in total. The second-order valence-corrected chi connectivity index (χ2v) is 5.50. The number of aliphatic hydroxyl groups is 1. The van der Waals surface area contributed by atoms with Crippen molar-refractivity contribution in [3.05, 3.63) is 0 Å². The minimum absolute atomic E-state index is 0.0744. The van der Waals surface area contributed by atoms with Crippen molar-refractivity contribution in [2.24, 2.45) is 17.3 Å². The molecule has 0 aromatic rings. The van der Waals surface area contributed by atoms with Crippen LogP contribution in [0.4, 0.5) is 0 Å². The van der Waals surface area contributed by atoms with E-state index < -0.39 is 6.10 Å². The maximum Gasteiger partial charge on any atom is 0.233 e. The summed E-state index contributed by atoms with van der Waals surface area (Å²) in [6.07, 6.45) is -0.240. The van der Waals surface area contributed by atoms with Crippen molar-refractivity contribution >= 4 is 11.8 Å². The summed E-state index contributed by atoms with van der Waals surface area (Å²) in [5.74, 6) is -0.409. The SMILES string of the molecule is COCC(O)CCN1C(=O)C2C(C1=O)C2(C)C. The van der Waals surface area contributed by atoms with Crippen LogP contribution in [0.1, 0.15) is 20.3 Å². The Morgan fingerprint density at radius 1 is 1.35 bits per heavy atom. The molecule has 17 heavy (non-hydrogen) atoms. The Labute approximate surface area is 101 Å². The van der Waals surface area contributed by atoms with Crippen LogP contribution in [-0.4, -0.2) is 48.2 Å². The van der Waals surface area contributed by atoms with Crippen LogP contribution >= 0.6 is 0 Å². The Morgan fingerprint density at radius 2 is 1.88 bits per heavy atom. The van der Waals surface area contributed by atoms with Crippen LogP contribution in [0.3, 0.4) is 0 Å². The van der Waals surface area contributed by atoms with E-state index in [-0.39, 0.29) is 35.7 Å². The second-order valence-electron chi connectivity index (χ2n) is 5.50. The number of methoxy groups -OCH3 is 1. The number of nitrogens with zero attached hydrogens (tertiary/aromatic N) is 1. The van der Waals surface area contributed by atoms with E-state index in [9.17, 15) is 14.7 Å². The average molecular weight is 241 g/mol. The monoisotopic (exact) mass is 241 g/mol. The van der Waals surface area contributed by atoms with Crippen molar-refractivity contribution in [1.29, 1.82) is 0 Å². The minimum atomic E-state index is -0.620. The van der Waals surface area contributed by atoms with Gasteiger partial charge in [0.2, 0.25) is 11.8 Å². The lowest BCUT2D eigenvalue weighted by atomic mass is 10.1. The van der Waals surface area contributed by atoms with Gasteiger partial charge in [0.25, 0.3) is 0 Å². The molecule has 5 heteroatoms. The average Bonchev–Trinajstić information content (AvgIpc) is 2.69. The first kappa shape index (κ1) is 12.5. The van der Waals surface area contributed by atoms with Gasteiger partial charge in [0.15, 0.2) is 0 Å². The van der Waals surface area contributed by atoms with Crippen molar-refractivity contribution in [3.8, 4) is 0 Å². The third-order valence-electron chi connectivity index (χ3n) is 3.94. The van der Waals surface area contributed by atoms with E-state index in [2.05, 4.69) is 0 Å². The summed E-state index contributed by atoms with van der Waals surface area (Å²) in [5.41, 5.74) is -0.157. The summed E-state index contributed by atoms with van der Waals surface area (Å²) in [5, 5.41) is 9.49. The molecule has 1 heterocycles. The van der Waals surface area contributed by atoms with Gasteiger partial charge in [0.1, 0.15) is 0 Å². The molecule has 0 aromatic heterocycles. The van der Waals surface area contributed by atoms with E-state index >= 15 is 0 Å². The molecular formula is C12H19NO4. The number of carbonyl (C=O) groups is 2. The zero-order chi connectivity index (χ0) is 12.8. The van der Waals surface area contributed by atoms with Gasteiger partial charge in [-0.1, -0.05) is 13.8 Å². The fraction of sp³-hybridized carbons (Fsp3) is 0.833. The Balaban J connectivity index is 1.89. The maximum absolute atomic E-state index is 11.9. The number of amides is 2. The van der Waals surface area contributed by atoms with Gasteiger partial charge >= 0.3 is 0 Å². The van der Waals surface area contributed by atoms with Gasteiger partial charge in [-0.15, -0.1) is 0 Å². The highest BCUT2D eigenvalue weighted by Gasteiger charge is 2.72. The third-order valence-corrected chi connectivity index (χ3v) is 3.94. The summed E-state index contributed by atoms with van der Waals surface area (Å²) in [7, 11) is 1.51. The van der Waals surface area contributed by atoms with Crippen LogP contribution in [-0.2, 0) is 14.3 Å². The highest BCUT2D eigenvalue weighted by atomic mass is 16.5. The lowest BCUT2D eigenvalue weighted by Gasteiger charge is -2.21. The molecule has 2 aliphatic rings. The number of likely N-dealkylation sites (tertiary alicyclic amines) is 1. The molecule has 0 bridgehead atoms. The molecule has 3 atom stereocenters. The zero-order valence-electron chi connectivity index (χ0n) is 10.5. The first-order valence-corrected chi connectivity index (χ1v) is 5.93. The molecule has 2 amide bonds. The van der Waals surface area contributed by atoms with Crippen molar-refractivity contribution in [2.75, 3.05) is 20.3 Å². The highest BCUT2D eigenvalue weighted by molar-refractivity contribution is 6.10. The molecular weight excluding hydrogens is 222 g/mol. The van der Waals surface area contributed by atoms with Crippen LogP contribution in [0.25, 0.3) is 0 Å². The Hall–Kier alpha value is -0.940. The first-order valence-electron chi connectivity index (χ1n) is 5.93. The molecule has 2 rings (SSSR count). The Bertz CT molecular complexity index is 328. The van der Waals surface area contributed by atoms with E-state index in [0.29, 0.717) is 13.0 Å². The van der Waals surface area contributed by atoms with E-state index in [1.165, 1.54) is 12.0 Å². The number of piperidine rings is 1. The fourth-order valence-corrected chi connectivity index (χ4v) is 2.78. The number of rotatable bonds is 5. The molecule has 0 radical (unpaired) electrons. The Kier molecular flexibility index (Phi) is 2.99. The smallest absolute Gasteiger partial charge is 0.233 e. The van der Waals surface area contributed by atoms with Gasteiger partial charge < -0.3 is 9.84 Å². The van der Waals surface area contributed by atoms with Gasteiger partial charge in [-0.25, -0.2) is 0 Å². The van der Waals surface area contributed by atoms with E-state index in [4.69, 9.17) is 4.74 Å². The molecule has 3 unspecified atom stereocenters. The topological polar surface area (TPSA) is 66.8 Å². The summed E-state index contributed by atoms with van der Waals surface area (Å²) in [6, 6.07) is 0. The van der Waals surface area contributed by atoms with E-state index in [1.54, 1.807) is 0 Å². The zero-order valence-corrected chi connectivity index (χ0v) is 10.5. The van der Waals surface area contributed by atoms with Gasteiger partial charge in [-0.3, -0.25) is 14.5 Å². The van der Waals surface area contributed by atoms with Gasteiger partial charge in [-0.2, -0.15) is 0 Å². The molecule has 1 saturated heterocycles. The standard InChI is InChI=1S/C12H19NO4/c1-12(2)8-9(12)11(16)13(10(8)15)5-4-7(14)6-17-3/h7-9,14H,4-6H2,1-3H3. The number of carbonyl (C=O) groups excluding carboxylic acids is 2. The lowest BCUT2D eigenvalue weighted by Crippen LogP contribution is -2.38. The number of ether oxygens (including phenoxy) is 1. The Morgan fingerprint density at radius 3 is 2.35 bits per heavy atom. The van der Waals surface area contributed by atoms with Gasteiger partial charge in [0, 0.05) is 13.7 Å². The van der Waals surface area contributed by atoms with E-state index in [1.807, 2.05) is 13.8 Å². The molecule has 0 aromatic carbocycles.